The number of aryl methyl sites for hydroxylation is 1. The summed E-state index contributed by atoms with van der Waals surface area (Å²) >= 11 is 0. The summed E-state index contributed by atoms with van der Waals surface area (Å²) in [6.07, 6.45) is 0.949. The van der Waals surface area contributed by atoms with Crippen LogP contribution in [0.4, 0.5) is 5.69 Å². The van der Waals surface area contributed by atoms with Gasteiger partial charge in [0.2, 0.25) is 0 Å². The van der Waals surface area contributed by atoms with Crippen molar-refractivity contribution in [3.05, 3.63) is 28.2 Å². The summed E-state index contributed by atoms with van der Waals surface area (Å²) < 4.78 is 1.70. The number of rotatable bonds is 2. The van der Waals surface area contributed by atoms with Crippen molar-refractivity contribution in [1.82, 2.24) is 4.57 Å². The Hall–Kier alpha value is -1.25. The normalized spacial score (nSPS) is 10.2. The third-order valence-corrected chi connectivity index (χ3v) is 1.87. The summed E-state index contributed by atoms with van der Waals surface area (Å²) in [6, 6.07) is 3.52. The van der Waals surface area contributed by atoms with Gasteiger partial charge in [-0.25, -0.2) is 0 Å². The molecule has 1 aromatic heterocycles. The minimum Gasteiger partial charge on any atom is -0.394 e. The third-order valence-electron chi connectivity index (χ3n) is 1.87. The molecule has 0 amide bonds. The molecule has 1 aromatic rings. The molecule has 1 rings (SSSR count). The van der Waals surface area contributed by atoms with E-state index in [-0.39, 0.29) is 5.56 Å². The molecule has 0 spiro atoms. The molecule has 1 heterocycles. The van der Waals surface area contributed by atoms with Crippen molar-refractivity contribution < 1.29 is 0 Å². The van der Waals surface area contributed by atoms with Gasteiger partial charge in [0.1, 0.15) is 0 Å². The maximum absolute atomic E-state index is 11.4. The molecule has 0 bridgehead atoms. The van der Waals surface area contributed by atoms with Crippen molar-refractivity contribution in [3.8, 4) is 0 Å². The van der Waals surface area contributed by atoms with Crippen LogP contribution >= 0.6 is 0 Å². The van der Waals surface area contributed by atoms with Crippen LogP contribution in [0.5, 0.6) is 0 Å². The van der Waals surface area contributed by atoms with E-state index in [1.165, 1.54) is 0 Å². The molecule has 0 aliphatic carbocycles. The second kappa shape index (κ2) is 3.43. The molecule has 0 unspecified atom stereocenters. The highest BCUT2D eigenvalue weighted by molar-refractivity contribution is 5.35. The number of hydrogen-bond acceptors (Lipinski definition) is 2. The highest BCUT2D eigenvalue weighted by Gasteiger charge is 2.00. The second-order valence-electron chi connectivity index (χ2n) is 2.89. The van der Waals surface area contributed by atoms with Crippen molar-refractivity contribution in [2.75, 3.05) is 5.73 Å². The Morgan fingerprint density at radius 3 is 2.75 bits per heavy atom. The molecule has 0 saturated heterocycles. The lowest BCUT2D eigenvalue weighted by Crippen LogP contribution is -2.24. The van der Waals surface area contributed by atoms with Gasteiger partial charge < -0.3 is 10.3 Å². The first-order chi connectivity index (χ1) is 5.66. The quantitative estimate of drug-likeness (QED) is 0.716. The van der Waals surface area contributed by atoms with E-state index in [0.717, 1.165) is 18.7 Å². The summed E-state index contributed by atoms with van der Waals surface area (Å²) in [6.45, 7) is 4.70. The Bertz CT molecular complexity index is 328. The summed E-state index contributed by atoms with van der Waals surface area (Å²) in [5, 5.41) is 0. The summed E-state index contributed by atoms with van der Waals surface area (Å²) in [5.74, 6) is 0. The van der Waals surface area contributed by atoms with Gasteiger partial charge in [0.25, 0.3) is 5.56 Å². The van der Waals surface area contributed by atoms with Gasteiger partial charge in [-0.05, 0) is 25.5 Å². The molecule has 12 heavy (non-hydrogen) atoms. The van der Waals surface area contributed by atoms with Crippen LogP contribution in [0.25, 0.3) is 0 Å². The minimum absolute atomic E-state index is 0.0724. The summed E-state index contributed by atoms with van der Waals surface area (Å²) in [7, 11) is 0. The van der Waals surface area contributed by atoms with Gasteiger partial charge in [0, 0.05) is 12.2 Å². The predicted molar refractivity (Wildman–Crippen MR) is 50.1 cm³/mol. The van der Waals surface area contributed by atoms with Gasteiger partial charge in [-0.15, -0.1) is 0 Å². The number of nitrogens with two attached hydrogens (primary N) is 1. The third kappa shape index (κ3) is 1.49. The van der Waals surface area contributed by atoms with E-state index in [1.807, 2.05) is 19.9 Å². The van der Waals surface area contributed by atoms with Crippen LogP contribution in [-0.4, -0.2) is 4.57 Å². The van der Waals surface area contributed by atoms with Crippen molar-refractivity contribution in [2.45, 2.75) is 26.8 Å². The van der Waals surface area contributed by atoms with Crippen LogP contribution in [0.3, 0.4) is 0 Å². The monoisotopic (exact) mass is 166 g/mol. The van der Waals surface area contributed by atoms with E-state index in [0.29, 0.717) is 5.69 Å². The molecule has 0 aliphatic rings. The Balaban J connectivity index is 3.24. The predicted octanol–water partition coefficient (Wildman–Crippen LogP) is 1.15. The van der Waals surface area contributed by atoms with E-state index in [9.17, 15) is 4.79 Å². The lowest BCUT2D eigenvalue weighted by molar-refractivity contribution is 0.637. The Kier molecular flexibility index (Phi) is 2.53. The zero-order valence-electron chi connectivity index (χ0n) is 7.50. The minimum atomic E-state index is -0.0724. The first-order valence-corrected chi connectivity index (χ1v) is 4.12. The fraction of sp³-hybridized carbons (Fsp3) is 0.444. The maximum Gasteiger partial charge on any atom is 0.273 e. The fourth-order valence-electron chi connectivity index (χ4n) is 1.19. The lowest BCUT2D eigenvalue weighted by Gasteiger charge is -2.08. The number of nitrogens with zero attached hydrogens (tertiary/aromatic N) is 1. The zero-order valence-corrected chi connectivity index (χ0v) is 7.50. The van der Waals surface area contributed by atoms with Crippen LogP contribution in [0.2, 0.25) is 0 Å². The van der Waals surface area contributed by atoms with Crippen LogP contribution in [-0.2, 0) is 6.54 Å². The van der Waals surface area contributed by atoms with E-state index in [1.54, 1.807) is 10.6 Å². The molecule has 2 N–H and O–H groups in total. The molecule has 3 heteroatoms. The Morgan fingerprint density at radius 2 is 2.17 bits per heavy atom. The second-order valence-corrected chi connectivity index (χ2v) is 2.89. The number of pyridine rings is 1. The molecule has 0 saturated carbocycles. The van der Waals surface area contributed by atoms with Gasteiger partial charge in [0.15, 0.2) is 0 Å². The van der Waals surface area contributed by atoms with E-state index in [2.05, 4.69) is 0 Å². The van der Waals surface area contributed by atoms with Gasteiger partial charge in [0.05, 0.1) is 5.69 Å². The summed E-state index contributed by atoms with van der Waals surface area (Å²) in [4.78, 5) is 11.4. The number of anilines is 1. The topological polar surface area (TPSA) is 48.0 Å². The van der Waals surface area contributed by atoms with E-state index >= 15 is 0 Å². The Morgan fingerprint density at radius 1 is 1.50 bits per heavy atom. The highest BCUT2D eigenvalue weighted by atomic mass is 16.1. The Labute approximate surface area is 71.8 Å². The fourth-order valence-corrected chi connectivity index (χ4v) is 1.19. The largest absolute Gasteiger partial charge is 0.394 e. The van der Waals surface area contributed by atoms with E-state index < -0.39 is 0 Å². The summed E-state index contributed by atoms with van der Waals surface area (Å²) in [5.41, 5.74) is 6.71. The smallest absolute Gasteiger partial charge is 0.273 e. The van der Waals surface area contributed by atoms with Crippen LogP contribution in [0.15, 0.2) is 16.9 Å². The van der Waals surface area contributed by atoms with Gasteiger partial charge in [-0.1, -0.05) is 6.92 Å². The first-order valence-electron chi connectivity index (χ1n) is 4.12. The molecule has 0 radical (unpaired) electrons. The van der Waals surface area contributed by atoms with Crippen molar-refractivity contribution >= 4 is 5.69 Å². The molecule has 3 nitrogen and oxygen atoms in total. The molecular formula is C9H14N2O. The number of nitrogen functional groups attached to an aromatic ring is 1. The van der Waals surface area contributed by atoms with Gasteiger partial charge >= 0.3 is 0 Å². The average molecular weight is 166 g/mol. The van der Waals surface area contributed by atoms with E-state index in [4.69, 9.17) is 5.73 Å². The molecule has 66 valence electrons. The SMILES string of the molecule is CCCn1c(C)ccc(N)c1=O. The average Bonchev–Trinajstić information content (AvgIpc) is 2.06. The van der Waals surface area contributed by atoms with Gasteiger partial charge in [-0.2, -0.15) is 0 Å². The van der Waals surface area contributed by atoms with Crippen molar-refractivity contribution in [1.29, 1.82) is 0 Å². The van der Waals surface area contributed by atoms with Crippen LogP contribution < -0.4 is 11.3 Å². The molecule has 0 fully saturated rings. The lowest BCUT2D eigenvalue weighted by atomic mass is 10.3. The first kappa shape index (κ1) is 8.84. The van der Waals surface area contributed by atoms with Crippen LogP contribution in [0, 0.1) is 6.92 Å². The molecule has 0 atom stereocenters. The molecule has 0 aliphatic heterocycles. The number of aromatic nitrogens is 1. The molecular weight excluding hydrogens is 152 g/mol. The van der Waals surface area contributed by atoms with Crippen LogP contribution in [0.1, 0.15) is 19.0 Å². The number of hydrogen-bond donors (Lipinski definition) is 1. The standard InChI is InChI=1S/C9H14N2O/c1-3-6-11-7(2)4-5-8(10)9(11)12/h4-5H,3,6,10H2,1-2H3. The zero-order chi connectivity index (χ0) is 9.14. The highest BCUT2D eigenvalue weighted by Crippen LogP contribution is 1.99. The maximum atomic E-state index is 11.4. The molecule has 0 aromatic carbocycles. The van der Waals surface area contributed by atoms with Gasteiger partial charge in [-0.3, -0.25) is 4.79 Å². The van der Waals surface area contributed by atoms with Crippen molar-refractivity contribution in [2.24, 2.45) is 0 Å². The van der Waals surface area contributed by atoms with Crippen molar-refractivity contribution in [3.63, 3.8) is 0 Å².